The summed E-state index contributed by atoms with van der Waals surface area (Å²) in [6, 6.07) is 23.8. The van der Waals surface area contributed by atoms with Crippen LogP contribution in [0.25, 0.3) is 0 Å². The number of carbonyl (C=O) groups is 2. The molecule has 0 fully saturated rings. The molecule has 3 rings (SSSR count). The van der Waals surface area contributed by atoms with E-state index < -0.39 is 6.04 Å². The molecule has 3 aromatic carbocycles. The van der Waals surface area contributed by atoms with E-state index in [4.69, 9.17) is 23.2 Å². The van der Waals surface area contributed by atoms with Gasteiger partial charge >= 0.3 is 0 Å². The van der Waals surface area contributed by atoms with Crippen LogP contribution in [-0.2, 0) is 29.0 Å². The first-order chi connectivity index (χ1) is 15.0. The van der Waals surface area contributed by atoms with Gasteiger partial charge < -0.3 is 10.2 Å². The van der Waals surface area contributed by atoms with Crippen molar-refractivity contribution in [3.8, 4) is 0 Å². The summed E-state index contributed by atoms with van der Waals surface area (Å²) in [7, 11) is 1.59. The average Bonchev–Trinajstić information content (AvgIpc) is 2.79. The van der Waals surface area contributed by atoms with Gasteiger partial charge in [-0.25, -0.2) is 0 Å². The zero-order valence-electron chi connectivity index (χ0n) is 17.2. The van der Waals surface area contributed by atoms with Crippen molar-refractivity contribution in [3.05, 3.63) is 106 Å². The van der Waals surface area contributed by atoms with Gasteiger partial charge in [0.1, 0.15) is 6.04 Å². The summed E-state index contributed by atoms with van der Waals surface area (Å²) in [6.45, 7) is 0.325. The third-order valence-corrected chi connectivity index (χ3v) is 5.79. The maximum absolute atomic E-state index is 13.4. The third kappa shape index (κ3) is 6.33. The number of benzene rings is 3. The largest absolute Gasteiger partial charge is 0.357 e. The summed E-state index contributed by atoms with van der Waals surface area (Å²) in [5.41, 5.74) is 2.68. The molecule has 4 nitrogen and oxygen atoms in total. The number of nitrogens with one attached hydrogen (secondary N) is 1. The van der Waals surface area contributed by atoms with Gasteiger partial charge in [-0.15, -0.1) is 0 Å². The molecule has 3 aromatic rings. The van der Waals surface area contributed by atoms with Gasteiger partial charge in [-0.1, -0.05) is 89.9 Å². The zero-order valence-corrected chi connectivity index (χ0v) is 18.7. The van der Waals surface area contributed by atoms with Gasteiger partial charge in [-0.05, 0) is 28.8 Å². The lowest BCUT2D eigenvalue weighted by molar-refractivity contribution is -0.140. The second-order valence-corrected chi connectivity index (χ2v) is 8.07. The quantitative estimate of drug-likeness (QED) is 0.524. The van der Waals surface area contributed by atoms with Crippen molar-refractivity contribution in [2.24, 2.45) is 0 Å². The smallest absolute Gasteiger partial charge is 0.242 e. The third-order valence-electron chi connectivity index (χ3n) is 5.05. The van der Waals surface area contributed by atoms with E-state index in [-0.39, 0.29) is 18.2 Å². The number of hydrogen-bond acceptors (Lipinski definition) is 2. The molecule has 0 aliphatic rings. The first-order valence-corrected chi connectivity index (χ1v) is 10.8. The van der Waals surface area contributed by atoms with Crippen LogP contribution in [0.1, 0.15) is 16.7 Å². The molecule has 0 radical (unpaired) electrons. The van der Waals surface area contributed by atoms with Crippen LogP contribution in [0.5, 0.6) is 0 Å². The van der Waals surface area contributed by atoms with Crippen LogP contribution < -0.4 is 5.32 Å². The van der Waals surface area contributed by atoms with E-state index >= 15 is 0 Å². The van der Waals surface area contributed by atoms with Crippen molar-refractivity contribution in [2.75, 3.05) is 7.05 Å². The molecule has 0 saturated carbocycles. The lowest BCUT2D eigenvalue weighted by Crippen LogP contribution is -2.50. The zero-order chi connectivity index (χ0) is 22.2. The number of amides is 2. The van der Waals surface area contributed by atoms with Crippen molar-refractivity contribution in [1.29, 1.82) is 0 Å². The standard InChI is InChI=1S/C25H24Cl2N2O2/c1-28-25(31)23(15-18-8-4-2-5-9-18)29(17-19-10-6-3-7-11-19)24(30)16-20-12-13-21(26)22(27)14-20/h2-14,23H,15-17H2,1H3,(H,28,31)/t23-/m1/s1. The Morgan fingerprint density at radius 2 is 1.45 bits per heavy atom. The predicted octanol–water partition coefficient (Wildman–Crippen LogP) is 4.92. The Labute approximate surface area is 192 Å². The molecule has 31 heavy (non-hydrogen) atoms. The average molecular weight is 455 g/mol. The minimum absolute atomic E-state index is 0.117. The molecular formula is C25H24Cl2N2O2. The van der Waals surface area contributed by atoms with Crippen molar-refractivity contribution in [2.45, 2.75) is 25.4 Å². The first-order valence-electron chi connectivity index (χ1n) is 10.0. The number of carbonyl (C=O) groups excluding carboxylic acids is 2. The highest BCUT2D eigenvalue weighted by Gasteiger charge is 2.29. The summed E-state index contributed by atoms with van der Waals surface area (Å²) < 4.78 is 0. The summed E-state index contributed by atoms with van der Waals surface area (Å²) in [5.74, 6) is -0.367. The van der Waals surface area contributed by atoms with Crippen molar-refractivity contribution in [1.82, 2.24) is 10.2 Å². The molecule has 0 aromatic heterocycles. The molecule has 2 amide bonds. The van der Waals surface area contributed by atoms with Crippen LogP contribution in [0, 0.1) is 0 Å². The van der Waals surface area contributed by atoms with Gasteiger partial charge in [0.15, 0.2) is 0 Å². The van der Waals surface area contributed by atoms with Crippen LogP contribution in [0.3, 0.4) is 0 Å². The summed E-state index contributed by atoms with van der Waals surface area (Å²) in [5, 5.41) is 3.55. The fraction of sp³-hybridized carbons (Fsp3) is 0.200. The van der Waals surface area contributed by atoms with Gasteiger partial charge in [0, 0.05) is 20.0 Å². The van der Waals surface area contributed by atoms with E-state index in [1.807, 2.05) is 60.7 Å². The SMILES string of the molecule is CNC(=O)[C@@H](Cc1ccccc1)N(Cc1ccccc1)C(=O)Cc1ccc(Cl)c(Cl)c1. The van der Waals surface area contributed by atoms with E-state index in [0.717, 1.165) is 16.7 Å². The van der Waals surface area contributed by atoms with Gasteiger partial charge in [0.25, 0.3) is 0 Å². The molecule has 0 aliphatic heterocycles. The lowest BCUT2D eigenvalue weighted by atomic mass is 10.0. The van der Waals surface area contributed by atoms with E-state index in [1.54, 1.807) is 30.1 Å². The molecule has 0 unspecified atom stereocenters. The highest BCUT2D eigenvalue weighted by molar-refractivity contribution is 6.42. The van der Waals surface area contributed by atoms with Crippen molar-refractivity contribution < 1.29 is 9.59 Å². The molecule has 160 valence electrons. The minimum Gasteiger partial charge on any atom is -0.357 e. The number of likely N-dealkylation sites (N-methyl/N-ethyl adjacent to an activating group) is 1. The Kier molecular flexibility index (Phi) is 8.10. The van der Waals surface area contributed by atoms with Gasteiger partial charge in [0.05, 0.1) is 16.5 Å². The fourth-order valence-corrected chi connectivity index (χ4v) is 3.75. The molecule has 0 heterocycles. The second kappa shape index (κ2) is 11.0. The van der Waals surface area contributed by atoms with Crippen LogP contribution in [0.15, 0.2) is 78.9 Å². The van der Waals surface area contributed by atoms with Crippen LogP contribution in [0.4, 0.5) is 0 Å². The number of rotatable bonds is 8. The van der Waals surface area contributed by atoms with Crippen LogP contribution in [0.2, 0.25) is 10.0 Å². The maximum atomic E-state index is 13.4. The van der Waals surface area contributed by atoms with E-state index in [1.165, 1.54) is 0 Å². The van der Waals surface area contributed by atoms with Crippen molar-refractivity contribution >= 4 is 35.0 Å². The molecule has 0 bridgehead atoms. The Balaban J connectivity index is 1.92. The molecule has 1 atom stereocenters. The Morgan fingerprint density at radius 1 is 0.839 bits per heavy atom. The highest BCUT2D eigenvalue weighted by atomic mass is 35.5. The van der Waals surface area contributed by atoms with Gasteiger partial charge in [-0.2, -0.15) is 0 Å². The Bertz CT molecular complexity index is 1030. The molecule has 0 saturated heterocycles. The molecule has 0 aliphatic carbocycles. The normalized spacial score (nSPS) is 11.6. The monoisotopic (exact) mass is 454 g/mol. The predicted molar refractivity (Wildman–Crippen MR) is 125 cm³/mol. The second-order valence-electron chi connectivity index (χ2n) is 7.25. The Morgan fingerprint density at radius 3 is 2.03 bits per heavy atom. The highest BCUT2D eigenvalue weighted by Crippen LogP contribution is 2.24. The number of hydrogen-bond donors (Lipinski definition) is 1. The van der Waals surface area contributed by atoms with E-state index in [2.05, 4.69) is 5.32 Å². The molecular weight excluding hydrogens is 431 g/mol. The Hall–Kier alpha value is -2.82. The fourth-order valence-electron chi connectivity index (χ4n) is 3.43. The molecule has 6 heteroatoms. The maximum Gasteiger partial charge on any atom is 0.242 e. The molecule has 0 spiro atoms. The number of nitrogens with zero attached hydrogens (tertiary/aromatic N) is 1. The topological polar surface area (TPSA) is 49.4 Å². The van der Waals surface area contributed by atoms with Gasteiger partial charge in [-0.3, -0.25) is 9.59 Å². The summed E-state index contributed by atoms with van der Waals surface area (Å²) in [4.78, 5) is 27.9. The lowest BCUT2D eigenvalue weighted by Gasteiger charge is -2.31. The van der Waals surface area contributed by atoms with E-state index in [0.29, 0.717) is 23.0 Å². The van der Waals surface area contributed by atoms with Crippen molar-refractivity contribution in [3.63, 3.8) is 0 Å². The van der Waals surface area contributed by atoms with E-state index in [9.17, 15) is 9.59 Å². The van der Waals surface area contributed by atoms with Crippen LogP contribution >= 0.6 is 23.2 Å². The number of halogens is 2. The molecule has 1 N–H and O–H groups in total. The summed E-state index contributed by atoms with van der Waals surface area (Å²) in [6.07, 6.45) is 0.534. The van der Waals surface area contributed by atoms with Crippen LogP contribution in [-0.4, -0.2) is 29.8 Å². The first kappa shape index (κ1) is 22.9. The minimum atomic E-state index is -0.650. The van der Waals surface area contributed by atoms with Gasteiger partial charge in [0.2, 0.25) is 11.8 Å². The summed E-state index contributed by atoms with van der Waals surface area (Å²) >= 11 is 12.1.